The zero-order valence-corrected chi connectivity index (χ0v) is 5.63. The Bertz CT molecular complexity index is 198. The van der Waals surface area contributed by atoms with Crippen molar-refractivity contribution in [3.05, 3.63) is 0 Å². The Labute approximate surface area is 53.8 Å². The zero-order valence-electron chi connectivity index (χ0n) is 4.82. The van der Waals surface area contributed by atoms with Crippen molar-refractivity contribution in [2.75, 3.05) is 5.75 Å². The van der Waals surface area contributed by atoms with Crippen LogP contribution in [0.5, 0.6) is 0 Å². The van der Waals surface area contributed by atoms with Crippen LogP contribution in [0.4, 0.5) is 0 Å². The summed E-state index contributed by atoms with van der Waals surface area (Å²) in [7, 11) is -3.77. The standard InChI is InChI=1S/C4H9NO3S/c5-4-1-3(4)2-9(6,7)8/h3-4H,1-2,5H2,(H,6,7,8). The summed E-state index contributed by atoms with van der Waals surface area (Å²) < 4.78 is 28.5. The van der Waals surface area contributed by atoms with Crippen molar-refractivity contribution >= 4 is 10.1 Å². The van der Waals surface area contributed by atoms with Crippen molar-refractivity contribution in [1.82, 2.24) is 0 Å². The molecule has 1 saturated carbocycles. The lowest BCUT2D eigenvalue weighted by Crippen LogP contribution is -2.11. The highest BCUT2D eigenvalue weighted by molar-refractivity contribution is 7.85. The Kier molecular flexibility index (Phi) is 1.50. The SMILES string of the molecule is NC1CC1CS(=O)(=O)O. The Hall–Kier alpha value is -0.130. The van der Waals surface area contributed by atoms with E-state index in [-0.39, 0.29) is 17.7 Å². The van der Waals surface area contributed by atoms with Crippen molar-refractivity contribution < 1.29 is 13.0 Å². The van der Waals surface area contributed by atoms with Crippen LogP contribution in [0, 0.1) is 5.92 Å². The lowest BCUT2D eigenvalue weighted by Gasteiger charge is -1.90. The Morgan fingerprint density at radius 3 is 2.22 bits per heavy atom. The highest BCUT2D eigenvalue weighted by Gasteiger charge is 2.36. The number of nitrogens with two attached hydrogens (primary N) is 1. The minimum absolute atomic E-state index is 0.000000000000000222. The van der Waals surface area contributed by atoms with E-state index in [2.05, 4.69) is 0 Å². The van der Waals surface area contributed by atoms with Gasteiger partial charge < -0.3 is 5.73 Å². The molecule has 4 nitrogen and oxygen atoms in total. The molecule has 1 fully saturated rings. The maximum Gasteiger partial charge on any atom is 0.265 e. The van der Waals surface area contributed by atoms with Gasteiger partial charge in [-0.3, -0.25) is 4.55 Å². The largest absolute Gasteiger partial charge is 0.327 e. The summed E-state index contributed by atoms with van der Waals surface area (Å²) in [6, 6.07) is -0.00748. The van der Waals surface area contributed by atoms with Gasteiger partial charge in [0.25, 0.3) is 10.1 Å². The lowest BCUT2D eigenvalue weighted by molar-refractivity contribution is 0.479. The van der Waals surface area contributed by atoms with Crippen molar-refractivity contribution in [3.8, 4) is 0 Å². The molecule has 3 N–H and O–H groups in total. The molecule has 0 radical (unpaired) electrons. The molecule has 0 aromatic rings. The molecule has 2 unspecified atom stereocenters. The molecule has 2 atom stereocenters. The summed E-state index contributed by atoms with van der Waals surface area (Å²) in [5.74, 6) is -0.172. The van der Waals surface area contributed by atoms with Crippen LogP contribution in [-0.4, -0.2) is 24.8 Å². The predicted octanol–water partition coefficient (Wildman–Crippen LogP) is -0.779. The minimum atomic E-state index is -3.77. The maximum atomic E-state index is 10.1. The van der Waals surface area contributed by atoms with Crippen LogP contribution in [0.2, 0.25) is 0 Å². The van der Waals surface area contributed by atoms with Crippen LogP contribution in [0.3, 0.4) is 0 Å². The second-order valence-corrected chi connectivity index (χ2v) is 3.91. The quantitative estimate of drug-likeness (QED) is 0.507. The summed E-state index contributed by atoms with van der Waals surface area (Å²) in [6.45, 7) is 0. The second kappa shape index (κ2) is 1.93. The first-order valence-electron chi connectivity index (χ1n) is 2.70. The summed E-state index contributed by atoms with van der Waals surface area (Å²) in [6.07, 6.45) is 0.722. The Morgan fingerprint density at radius 2 is 2.11 bits per heavy atom. The minimum Gasteiger partial charge on any atom is -0.327 e. The van der Waals surface area contributed by atoms with E-state index in [0.717, 1.165) is 6.42 Å². The highest BCUT2D eigenvalue weighted by atomic mass is 32.2. The topological polar surface area (TPSA) is 80.4 Å². The van der Waals surface area contributed by atoms with E-state index in [1.54, 1.807) is 0 Å². The monoisotopic (exact) mass is 151 g/mol. The predicted molar refractivity (Wildman–Crippen MR) is 32.5 cm³/mol. The van der Waals surface area contributed by atoms with E-state index in [1.165, 1.54) is 0 Å². The molecule has 9 heavy (non-hydrogen) atoms. The highest BCUT2D eigenvalue weighted by Crippen LogP contribution is 2.28. The first-order chi connectivity index (χ1) is 3.99. The number of rotatable bonds is 2. The van der Waals surface area contributed by atoms with Gasteiger partial charge in [0.05, 0.1) is 5.75 Å². The van der Waals surface area contributed by atoms with E-state index in [4.69, 9.17) is 10.3 Å². The van der Waals surface area contributed by atoms with Gasteiger partial charge in [0.2, 0.25) is 0 Å². The summed E-state index contributed by atoms with van der Waals surface area (Å²) in [5, 5.41) is 0. The van der Waals surface area contributed by atoms with Gasteiger partial charge in [0, 0.05) is 6.04 Å². The van der Waals surface area contributed by atoms with Gasteiger partial charge in [-0.05, 0) is 12.3 Å². The van der Waals surface area contributed by atoms with E-state index in [9.17, 15) is 8.42 Å². The van der Waals surface area contributed by atoms with Gasteiger partial charge in [-0.2, -0.15) is 8.42 Å². The first kappa shape index (κ1) is 6.98. The Morgan fingerprint density at radius 1 is 1.67 bits per heavy atom. The van der Waals surface area contributed by atoms with E-state index in [1.807, 2.05) is 0 Å². The van der Waals surface area contributed by atoms with Crippen LogP contribution in [-0.2, 0) is 10.1 Å². The molecule has 0 heterocycles. The average Bonchev–Trinajstić information content (AvgIpc) is 2.13. The molecule has 0 aliphatic heterocycles. The van der Waals surface area contributed by atoms with Gasteiger partial charge in [-0.1, -0.05) is 0 Å². The smallest absolute Gasteiger partial charge is 0.265 e. The van der Waals surface area contributed by atoms with Gasteiger partial charge in [0.15, 0.2) is 0 Å². The average molecular weight is 151 g/mol. The number of hydrogen-bond donors (Lipinski definition) is 2. The number of hydrogen-bond acceptors (Lipinski definition) is 3. The van der Waals surface area contributed by atoms with E-state index >= 15 is 0 Å². The molecule has 0 aromatic carbocycles. The van der Waals surface area contributed by atoms with Crippen molar-refractivity contribution in [3.63, 3.8) is 0 Å². The van der Waals surface area contributed by atoms with Crippen LogP contribution >= 0.6 is 0 Å². The van der Waals surface area contributed by atoms with Gasteiger partial charge in [0.1, 0.15) is 0 Å². The zero-order chi connectivity index (χ0) is 7.07. The third kappa shape index (κ3) is 2.30. The first-order valence-corrected chi connectivity index (χ1v) is 4.31. The van der Waals surface area contributed by atoms with Crippen molar-refractivity contribution in [1.29, 1.82) is 0 Å². The summed E-state index contributed by atoms with van der Waals surface area (Å²) in [4.78, 5) is 0. The molecule has 0 amide bonds. The molecule has 0 spiro atoms. The summed E-state index contributed by atoms with van der Waals surface area (Å²) >= 11 is 0. The fourth-order valence-corrected chi connectivity index (χ4v) is 1.66. The van der Waals surface area contributed by atoms with Crippen LogP contribution in [0.1, 0.15) is 6.42 Å². The third-order valence-corrected chi connectivity index (χ3v) is 2.25. The van der Waals surface area contributed by atoms with Crippen LogP contribution in [0.15, 0.2) is 0 Å². The van der Waals surface area contributed by atoms with Crippen LogP contribution in [0.25, 0.3) is 0 Å². The van der Waals surface area contributed by atoms with Gasteiger partial charge in [-0.15, -0.1) is 0 Å². The molecule has 1 aliphatic rings. The van der Waals surface area contributed by atoms with E-state index in [0.29, 0.717) is 0 Å². The van der Waals surface area contributed by atoms with E-state index < -0.39 is 10.1 Å². The van der Waals surface area contributed by atoms with Crippen molar-refractivity contribution in [2.24, 2.45) is 11.7 Å². The molecule has 0 saturated heterocycles. The molecular weight excluding hydrogens is 142 g/mol. The third-order valence-electron chi connectivity index (χ3n) is 1.40. The fraction of sp³-hybridized carbons (Fsp3) is 1.00. The summed E-state index contributed by atoms with van der Waals surface area (Å²) in [5.41, 5.74) is 5.30. The lowest BCUT2D eigenvalue weighted by atomic mass is 10.5. The maximum absolute atomic E-state index is 10.1. The normalized spacial score (nSPS) is 34.4. The molecular formula is C4H9NO3S. The molecule has 1 aliphatic carbocycles. The molecule has 54 valence electrons. The van der Waals surface area contributed by atoms with Gasteiger partial charge in [-0.25, -0.2) is 0 Å². The molecule has 5 heteroatoms. The molecule has 0 aromatic heterocycles. The Balaban J connectivity index is 2.37. The van der Waals surface area contributed by atoms with Crippen LogP contribution < -0.4 is 5.73 Å². The second-order valence-electron chi connectivity index (χ2n) is 2.41. The fourth-order valence-electron chi connectivity index (χ4n) is 0.733. The van der Waals surface area contributed by atoms with Crippen molar-refractivity contribution in [2.45, 2.75) is 12.5 Å². The molecule has 0 bridgehead atoms. The molecule has 1 rings (SSSR count). The van der Waals surface area contributed by atoms with Gasteiger partial charge >= 0.3 is 0 Å².